The molecule has 2 aromatic heterocycles. The van der Waals surface area contributed by atoms with Gasteiger partial charge in [-0.15, -0.1) is 11.3 Å². The molecule has 3 aromatic rings. The zero-order valence-electron chi connectivity index (χ0n) is 26.5. The molecule has 1 aromatic carbocycles. The van der Waals surface area contributed by atoms with Gasteiger partial charge in [0.2, 0.25) is 0 Å². The van der Waals surface area contributed by atoms with E-state index in [1.165, 1.54) is 88.0 Å². The molecular weight excluding hydrogens is 695 g/mol. The second-order valence-electron chi connectivity index (χ2n) is 13.7. The fraction of sp³-hybridized carbons (Fsp3) is 0.514. The predicted molar refractivity (Wildman–Crippen MR) is 195 cm³/mol. The Morgan fingerprint density at radius 1 is 1.09 bits per heavy atom. The molecule has 47 heavy (non-hydrogen) atoms. The third-order valence-corrected chi connectivity index (χ3v) is 13.8. The van der Waals surface area contributed by atoms with Gasteiger partial charge in [0.25, 0.3) is 5.91 Å². The van der Waals surface area contributed by atoms with Gasteiger partial charge in [-0.25, -0.2) is 9.78 Å². The Morgan fingerprint density at radius 3 is 2.57 bits per heavy atom. The molecule has 2 aliphatic carbocycles. The number of carbonyl (C=O) groups is 2. The van der Waals surface area contributed by atoms with Gasteiger partial charge >= 0.3 is 5.97 Å². The number of nitrogens with zero attached hydrogens (tertiary/aromatic N) is 3. The molecule has 4 aliphatic rings. The fourth-order valence-corrected chi connectivity index (χ4v) is 11.5. The maximum absolute atomic E-state index is 13.5. The van der Waals surface area contributed by atoms with Crippen LogP contribution >= 0.6 is 57.5 Å². The quantitative estimate of drug-likeness (QED) is 0.224. The first kappa shape index (κ1) is 33.4. The number of thiazole rings is 1. The summed E-state index contributed by atoms with van der Waals surface area (Å²) in [5.74, 6) is 1.72. The molecule has 1 amide bonds. The zero-order chi connectivity index (χ0) is 33.0. The summed E-state index contributed by atoms with van der Waals surface area (Å²) in [5, 5.41) is 16.7. The highest BCUT2D eigenvalue weighted by atomic mass is 35.5. The summed E-state index contributed by atoms with van der Waals surface area (Å²) in [6.07, 6.45) is 10.9. The minimum absolute atomic E-state index is 0.0863. The maximum Gasteiger partial charge on any atom is 0.331 e. The minimum atomic E-state index is -1.07. The third-order valence-electron chi connectivity index (χ3n) is 10.9. The van der Waals surface area contributed by atoms with E-state index in [1.807, 2.05) is 11.4 Å². The molecule has 7 nitrogen and oxygen atoms in total. The average Bonchev–Trinajstić information content (AvgIpc) is 3.83. The van der Waals surface area contributed by atoms with Gasteiger partial charge in [-0.1, -0.05) is 72.3 Å². The molecule has 2 bridgehead atoms. The molecule has 12 heteroatoms. The van der Waals surface area contributed by atoms with E-state index in [-0.39, 0.29) is 21.2 Å². The van der Waals surface area contributed by atoms with E-state index in [1.54, 1.807) is 11.3 Å². The lowest BCUT2D eigenvalue weighted by molar-refractivity contribution is -0.132. The summed E-state index contributed by atoms with van der Waals surface area (Å²) in [6, 6.07) is 6.17. The molecule has 0 spiro atoms. The molecule has 2 unspecified atom stereocenters. The molecule has 2 saturated carbocycles. The standard InChI is InChI=1S/C35H39Cl3N4O3S2/c1-3-20-10-19-5-4-6-21(11-19)31(20)42-8-7-22-15-41(16-28(22)42)33-30(29-14-24(36)17-46-29)39-35(47-33)40-32(43)23-12-26(37)25(27(38)13-23)9-18(2)34(44)45/h9,12-14,17,19-22,28,31H,3-8,10-11,15-16H2,1-2H3,(H,44,45)(H,39,40,43)/b18-9+/t19-,20+,21-,22+,28?,31?/m1/s1. The minimum Gasteiger partial charge on any atom is -0.478 e. The van der Waals surface area contributed by atoms with Crippen LogP contribution in [0.4, 0.5) is 10.1 Å². The van der Waals surface area contributed by atoms with Crippen molar-refractivity contribution in [2.24, 2.45) is 23.7 Å². The lowest BCUT2D eigenvalue weighted by Gasteiger charge is -2.50. The first-order valence-corrected chi connectivity index (χ1v) is 19.4. The molecule has 2 saturated heterocycles. The van der Waals surface area contributed by atoms with Crippen molar-refractivity contribution in [1.29, 1.82) is 0 Å². The van der Waals surface area contributed by atoms with Crippen LogP contribution in [0.25, 0.3) is 16.6 Å². The number of anilines is 2. The highest BCUT2D eigenvalue weighted by Crippen LogP contribution is 2.50. The van der Waals surface area contributed by atoms with Crippen molar-refractivity contribution in [1.82, 2.24) is 9.88 Å². The molecule has 4 heterocycles. The summed E-state index contributed by atoms with van der Waals surface area (Å²) in [7, 11) is 0. The van der Waals surface area contributed by atoms with E-state index >= 15 is 0 Å². The van der Waals surface area contributed by atoms with E-state index in [0.29, 0.717) is 33.7 Å². The Balaban J connectivity index is 1.14. The fourth-order valence-electron chi connectivity index (χ4n) is 8.77. The Kier molecular flexibility index (Phi) is 9.68. The van der Waals surface area contributed by atoms with Crippen molar-refractivity contribution in [2.45, 2.75) is 70.9 Å². The molecular formula is C35H39Cl3N4O3S2. The number of carboxylic acid groups (broad SMARTS) is 1. The normalized spacial score (nSPS) is 27.7. The lowest BCUT2D eigenvalue weighted by Crippen LogP contribution is -2.53. The summed E-state index contributed by atoms with van der Waals surface area (Å²) >= 11 is 22.3. The van der Waals surface area contributed by atoms with E-state index in [2.05, 4.69) is 22.0 Å². The van der Waals surface area contributed by atoms with Gasteiger partial charge in [-0.2, -0.15) is 0 Å². The number of likely N-dealkylation sites (tertiary alicyclic amines) is 1. The van der Waals surface area contributed by atoms with Gasteiger partial charge < -0.3 is 10.0 Å². The number of nitrogens with one attached hydrogen (secondary N) is 1. The van der Waals surface area contributed by atoms with Crippen LogP contribution in [0, 0.1) is 23.7 Å². The summed E-state index contributed by atoms with van der Waals surface area (Å²) in [4.78, 5) is 36.1. The number of benzene rings is 1. The number of aliphatic carboxylic acids is 1. The number of amides is 1. The average molecular weight is 734 g/mol. The van der Waals surface area contributed by atoms with Crippen LogP contribution in [0.15, 0.2) is 29.2 Å². The van der Waals surface area contributed by atoms with Crippen LogP contribution in [-0.4, -0.2) is 58.6 Å². The highest BCUT2D eigenvalue weighted by molar-refractivity contribution is 7.21. The second-order valence-corrected chi connectivity index (χ2v) is 16.8. The Labute approximate surface area is 298 Å². The zero-order valence-corrected chi connectivity index (χ0v) is 30.4. The number of carboxylic acids is 1. The van der Waals surface area contributed by atoms with E-state index in [9.17, 15) is 14.7 Å². The Hall–Kier alpha value is -2.14. The number of fused-ring (bicyclic) bond motifs is 3. The first-order valence-electron chi connectivity index (χ1n) is 16.6. The van der Waals surface area contributed by atoms with Crippen molar-refractivity contribution in [3.63, 3.8) is 0 Å². The molecule has 7 rings (SSSR count). The van der Waals surface area contributed by atoms with Crippen LogP contribution in [0.1, 0.15) is 74.7 Å². The van der Waals surface area contributed by atoms with Gasteiger partial charge in [0.15, 0.2) is 5.13 Å². The van der Waals surface area contributed by atoms with Gasteiger partial charge in [-0.05, 0) is 87.1 Å². The van der Waals surface area contributed by atoms with Crippen LogP contribution in [0.5, 0.6) is 0 Å². The number of carbonyl (C=O) groups excluding carboxylic acids is 1. The van der Waals surface area contributed by atoms with E-state index in [0.717, 1.165) is 46.4 Å². The van der Waals surface area contributed by atoms with E-state index < -0.39 is 11.9 Å². The summed E-state index contributed by atoms with van der Waals surface area (Å²) in [6.45, 7) is 7.01. The van der Waals surface area contributed by atoms with Crippen molar-refractivity contribution in [3.8, 4) is 10.6 Å². The first-order chi connectivity index (χ1) is 22.6. The number of hydrogen-bond acceptors (Lipinski definition) is 7. The van der Waals surface area contributed by atoms with Gasteiger partial charge in [-0.3, -0.25) is 15.0 Å². The van der Waals surface area contributed by atoms with Gasteiger partial charge in [0.05, 0.1) is 19.9 Å². The molecule has 4 fully saturated rings. The van der Waals surface area contributed by atoms with Crippen LogP contribution < -0.4 is 10.2 Å². The summed E-state index contributed by atoms with van der Waals surface area (Å²) < 4.78 is 0. The van der Waals surface area contributed by atoms with Crippen LogP contribution in [-0.2, 0) is 4.79 Å². The smallest absolute Gasteiger partial charge is 0.331 e. The molecule has 6 atom stereocenters. The van der Waals surface area contributed by atoms with E-state index in [4.69, 9.17) is 39.8 Å². The summed E-state index contributed by atoms with van der Waals surface area (Å²) in [5.41, 5.74) is 1.54. The molecule has 0 radical (unpaired) electrons. The van der Waals surface area contributed by atoms with Crippen LogP contribution in [0.3, 0.4) is 0 Å². The third kappa shape index (κ3) is 6.61. The van der Waals surface area contributed by atoms with Crippen molar-refractivity contribution < 1.29 is 14.7 Å². The molecule has 250 valence electrons. The predicted octanol–water partition coefficient (Wildman–Crippen LogP) is 9.69. The molecule has 2 aliphatic heterocycles. The number of rotatable bonds is 8. The van der Waals surface area contributed by atoms with Gasteiger partial charge in [0.1, 0.15) is 10.7 Å². The number of halogens is 3. The van der Waals surface area contributed by atoms with Gasteiger partial charge in [0, 0.05) is 47.3 Å². The topological polar surface area (TPSA) is 85.8 Å². The monoisotopic (exact) mass is 732 g/mol. The SMILES string of the molecule is CC[C@H]1C[C@H]2CCC[C@H](C2)C1N1CC[C@H]2CN(c3sc(NC(=O)c4cc(Cl)c(/C=C(\C)C(=O)O)c(Cl)c4)nc3-c3cc(Cl)cs3)CC21. The number of thiophene rings is 1. The number of hydrogen-bond donors (Lipinski definition) is 2. The van der Waals surface area contributed by atoms with Crippen LogP contribution in [0.2, 0.25) is 15.1 Å². The lowest BCUT2D eigenvalue weighted by atomic mass is 9.64. The Bertz CT molecular complexity index is 1700. The number of aromatic nitrogens is 1. The maximum atomic E-state index is 13.5. The second kappa shape index (κ2) is 13.6. The van der Waals surface area contributed by atoms with Crippen molar-refractivity contribution in [3.05, 3.63) is 55.3 Å². The highest BCUT2D eigenvalue weighted by Gasteiger charge is 2.50. The van der Waals surface area contributed by atoms with Crippen molar-refractivity contribution in [2.75, 3.05) is 29.9 Å². The largest absolute Gasteiger partial charge is 0.478 e. The van der Waals surface area contributed by atoms with Crippen molar-refractivity contribution >= 4 is 85.6 Å². The Morgan fingerprint density at radius 2 is 1.87 bits per heavy atom. The molecule has 2 N–H and O–H groups in total.